The Labute approximate surface area is 588 Å². The zero-order valence-corrected chi connectivity index (χ0v) is 64.1. The van der Waals surface area contributed by atoms with Crippen molar-refractivity contribution in [3.05, 3.63) is 0 Å². The molecule has 0 aliphatic rings. The van der Waals surface area contributed by atoms with Crippen LogP contribution in [0.3, 0.4) is 0 Å². The van der Waals surface area contributed by atoms with Crippen LogP contribution >= 0.6 is 15.6 Å². The number of ether oxygens (including phenoxy) is 4. The number of aliphatic hydroxyl groups is 1. The van der Waals surface area contributed by atoms with Crippen molar-refractivity contribution < 1.29 is 80.2 Å². The van der Waals surface area contributed by atoms with Gasteiger partial charge in [0.2, 0.25) is 0 Å². The lowest BCUT2D eigenvalue weighted by atomic mass is 10.0. The van der Waals surface area contributed by atoms with Gasteiger partial charge in [0.05, 0.1) is 26.4 Å². The minimum atomic E-state index is -4.96. The van der Waals surface area contributed by atoms with Gasteiger partial charge in [0.1, 0.15) is 19.3 Å². The summed E-state index contributed by atoms with van der Waals surface area (Å²) in [6, 6.07) is 0. The molecule has 17 nitrogen and oxygen atoms in total. The van der Waals surface area contributed by atoms with E-state index in [-0.39, 0.29) is 25.7 Å². The maximum absolute atomic E-state index is 13.1. The van der Waals surface area contributed by atoms with Crippen LogP contribution in [0, 0.1) is 0 Å². The van der Waals surface area contributed by atoms with Crippen molar-refractivity contribution in [2.24, 2.45) is 0 Å². The van der Waals surface area contributed by atoms with Crippen molar-refractivity contribution in [3.63, 3.8) is 0 Å². The highest BCUT2D eigenvalue weighted by Crippen LogP contribution is 2.45. The molecule has 0 heterocycles. The van der Waals surface area contributed by atoms with Crippen molar-refractivity contribution in [2.45, 2.75) is 431 Å². The predicted octanol–water partition coefficient (Wildman–Crippen LogP) is 23.0. The van der Waals surface area contributed by atoms with E-state index in [4.69, 9.17) is 37.0 Å². The maximum atomic E-state index is 13.1. The van der Waals surface area contributed by atoms with Gasteiger partial charge in [0, 0.05) is 25.7 Å². The van der Waals surface area contributed by atoms with Crippen LogP contribution in [0.2, 0.25) is 0 Å². The number of hydrogen-bond acceptors (Lipinski definition) is 15. The number of hydrogen-bond donors (Lipinski definition) is 3. The van der Waals surface area contributed by atoms with Crippen LogP contribution in [0.5, 0.6) is 0 Å². The molecular weight excluding hydrogens is 1260 g/mol. The summed E-state index contributed by atoms with van der Waals surface area (Å²) in [4.78, 5) is 72.9. The molecule has 0 saturated carbocycles. The lowest BCUT2D eigenvalue weighted by molar-refractivity contribution is -0.161. The number of carbonyl (C=O) groups excluding carboxylic acids is 4. The number of aliphatic hydroxyl groups excluding tert-OH is 1. The summed E-state index contributed by atoms with van der Waals surface area (Å²) in [6.07, 6.45) is 62.2. The largest absolute Gasteiger partial charge is 0.472 e. The van der Waals surface area contributed by atoms with Crippen molar-refractivity contribution in [2.75, 3.05) is 39.6 Å². The molecular formula is C77H150O17P2. The van der Waals surface area contributed by atoms with Gasteiger partial charge < -0.3 is 33.8 Å². The second kappa shape index (κ2) is 71.5. The van der Waals surface area contributed by atoms with Crippen LogP contribution < -0.4 is 0 Å². The van der Waals surface area contributed by atoms with E-state index in [0.717, 1.165) is 89.9 Å². The Bertz CT molecular complexity index is 1830. The van der Waals surface area contributed by atoms with E-state index in [1.165, 1.54) is 244 Å². The van der Waals surface area contributed by atoms with Gasteiger partial charge in [-0.15, -0.1) is 0 Å². The molecule has 0 amide bonds. The first-order valence-corrected chi connectivity index (χ1v) is 43.3. The molecule has 0 saturated heterocycles. The summed E-state index contributed by atoms with van der Waals surface area (Å²) in [5.41, 5.74) is 0. The Hall–Kier alpha value is -1.94. The molecule has 0 aliphatic heterocycles. The molecule has 5 atom stereocenters. The number of esters is 4. The highest BCUT2D eigenvalue weighted by Gasteiger charge is 2.30. The first kappa shape index (κ1) is 94.1. The van der Waals surface area contributed by atoms with Crippen molar-refractivity contribution in [1.29, 1.82) is 0 Å². The van der Waals surface area contributed by atoms with E-state index < -0.39 is 97.5 Å². The molecule has 0 radical (unpaired) electrons. The molecule has 0 bridgehead atoms. The third-order valence-electron chi connectivity index (χ3n) is 18.1. The molecule has 0 aromatic heterocycles. The molecule has 2 unspecified atom stereocenters. The van der Waals surface area contributed by atoms with Crippen molar-refractivity contribution >= 4 is 39.5 Å². The number of carbonyl (C=O) groups is 4. The quantitative estimate of drug-likeness (QED) is 0.0222. The molecule has 0 rings (SSSR count). The SMILES string of the molecule is CCCCCCCCCCCCCCCCCCCC(=O)O[C@H](COC(=O)CCCCCCCCCCCCCCCC)COP(=O)(O)OC[C@@H](O)COP(=O)(O)OC[C@@H](COC(=O)CCCCCCCCCCCCCC)OC(=O)CCCCCCCCCCCCCCC. The maximum Gasteiger partial charge on any atom is 0.472 e. The number of phosphoric ester groups is 2. The minimum absolute atomic E-state index is 0.109. The average molecular weight is 1410 g/mol. The van der Waals surface area contributed by atoms with Gasteiger partial charge in [-0.1, -0.05) is 362 Å². The molecule has 96 heavy (non-hydrogen) atoms. The number of unbranched alkanes of at least 4 members (excludes halogenated alkanes) is 52. The van der Waals surface area contributed by atoms with Gasteiger partial charge in [0.15, 0.2) is 12.2 Å². The average Bonchev–Trinajstić information content (AvgIpc) is 1.13. The monoisotopic (exact) mass is 1410 g/mol. The van der Waals surface area contributed by atoms with E-state index in [1.807, 2.05) is 0 Å². The molecule has 19 heteroatoms. The summed E-state index contributed by atoms with van der Waals surface area (Å²) in [6.45, 7) is 5.01. The summed E-state index contributed by atoms with van der Waals surface area (Å²) in [7, 11) is -9.91. The second-order valence-electron chi connectivity index (χ2n) is 27.7. The number of rotatable bonds is 78. The van der Waals surface area contributed by atoms with Gasteiger partial charge >= 0.3 is 39.5 Å². The van der Waals surface area contributed by atoms with Gasteiger partial charge in [-0.2, -0.15) is 0 Å². The van der Waals surface area contributed by atoms with Gasteiger partial charge in [-0.05, 0) is 25.7 Å². The summed E-state index contributed by atoms with van der Waals surface area (Å²) >= 11 is 0. The smallest absolute Gasteiger partial charge is 0.462 e. The van der Waals surface area contributed by atoms with E-state index in [2.05, 4.69) is 27.7 Å². The van der Waals surface area contributed by atoms with Crippen molar-refractivity contribution in [1.82, 2.24) is 0 Å². The molecule has 0 aromatic carbocycles. The normalized spacial score (nSPS) is 13.9. The molecule has 570 valence electrons. The standard InChI is InChI=1S/C77H150O17P2/c1-5-9-13-17-21-25-29-33-35-36-37-40-44-48-52-56-60-64-77(82)94-73(68-88-75(80)62-58-54-50-46-42-39-34-30-26-22-18-14-10-6-2)70-92-96(85,86)90-66-71(78)65-89-95(83,84)91-69-72(67-87-74(79)61-57-53-49-45-41-32-28-24-20-16-12-8-4)93-76(81)63-59-55-51-47-43-38-31-27-23-19-15-11-7-3/h71-73,78H,5-70H2,1-4H3,(H,83,84)(H,85,86)/t71-,72+,73+/m0/s1. The lowest BCUT2D eigenvalue weighted by Crippen LogP contribution is -2.30. The van der Waals surface area contributed by atoms with Crippen LogP contribution in [0.25, 0.3) is 0 Å². The third kappa shape index (κ3) is 70.5. The van der Waals surface area contributed by atoms with Crippen LogP contribution in [0.4, 0.5) is 0 Å². The summed E-state index contributed by atoms with van der Waals surface area (Å²) in [5, 5.41) is 10.6. The lowest BCUT2D eigenvalue weighted by Gasteiger charge is -2.21. The topological polar surface area (TPSA) is 237 Å². The van der Waals surface area contributed by atoms with Crippen LogP contribution in [0.1, 0.15) is 413 Å². The fourth-order valence-corrected chi connectivity index (χ4v) is 13.5. The molecule has 0 aromatic rings. The van der Waals surface area contributed by atoms with Crippen molar-refractivity contribution in [3.8, 4) is 0 Å². The van der Waals surface area contributed by atoms with E-state index in [1.54, 1.807) is 0 Å². The van der Waals surface area contributed by atoms with E-state index in [0.29, 0.717) is 25.7 Å². The molecule has 0 fully saturated rings. The van der Waals surface area contributed by atoms with Crippen LogP contribution in [-0.4, -0.2) is 96.7 Å². The van der Waals surface area contributed by atoms with E-state index in [9.17, 15) is 43.2 Å². The highest BCUT2D eigenvalue weighted by atomic mass is 31.2. The van der Waals surface area contributed by atoms with Gasteiger partial charge in [-0.25, -0.2) is 9.13 Å². The number of phosphoric acid groups is 2. The fourth-order valence-electron chi connectivity index (χ4n) is 11.9. The molecule has 3 N–H and O–H groups in total. The Kier molecular flexibility index (Phi) is 70.0. The molecule has 0 spiro atoms. The zero-order valence-electron chi connectivity index (χ0n) is 62.4. The Morgan fingerprint density at radius 2 is 0.417 bits per heavy atom. The van der Waals surface area contributed by atoms with Gasteiger partial charge in [-0.3, -0.25) is 37.3 Å². The fraction of sp³-hybridized carbons (Fsp3) is 0.948. The molecule has 0 aliphatic carbocycles. The minimum Gasteiger partial charge on any atom is -0.462 e. The van der Waals surface area contributed by atoms with Gasteiger partial charge in [0.25, 0.3) is 0 Å². The second-order valence-corrected chi connectivity index (χ2v) is 30.7. The van der Waals surface area contributed by atoms with Crippen LogP contribution in [-0.2, 0) is 65.4 Å². The summed E-state index contributed by atoms with van der Waals surface area (Å²) < 4.78 is 68.6. The Balaban J connectivity index is 5.25. The third-order valence-corrected chi connectivity index (χ3v) is 20.0. The Morgan fingerprint density at radius 1 is 0.250 bits per heavy atom. The van der Waals surface area contributed by atoms with E-state index >= 15 is 0 Å². The Morgan fingerprint density at radius 3 is 0.615 bits per heavy atom. The first-order valence-electron chi connectivity index (χ1n) is 40.3. The highest BCUT2D eigenvalue weighted by molar-refractivity contribution is 7.47. The van der Waals surface area contributed by atoms with Crippen LogP contribution in [0.15, 0.2) is 0 Å². The first-order chi connectivity index (χ1) is 46.7. The summed E-state index contributed by atoms with van der Waals surface area (Å²) in [5.74, 6) is -2.11. The predicted molar refractivity (Wildman–Crippen MR) is 391 cm³/mol. The zero-order chi connectivity index (χ0) is 70.4.